The Morgan fingerprint density at radius 1 is 0.149 bits per heavy atom. The Kier molecular flexibility index (Phi) is 31.3. The summed E-state index contributed by atoms with van der Waals surface area (Å²) in [4.78, 5) is 0. The third-order valence-electron chi connectivity index (χ3n) is 41.3. The molecule has 12 atom stereocenters. The van der Waals surface area contributed by atoms with Crippen LogP contribution >= 0.6 is 70.6 Å². The molecule has 0 N–H and O–H groups in total. The van der Waals surface area contributed by atoms with E-state index in [9.17, 15) is 0 Å². The average Bonchev–Trinajstić information content (AvgIpc) is 0.811. The molecule has 0 aromatic carbocycles. The molecule has 68 rings (SSSR count). The van der Waals surface area contributed by atoms with E-state index in [1.165, 1.54) is 81.9 Å². The third-order valence-corrected chi connectivity index (χ3v) is 49.7. The van der Waals surface area contributed by atoms with Gasteiger partial charge in [0.1, 0.15) is 0 Å². The fraction of sp³-hybridized carbons (Fsp3) is 0.963. The van der Waals surface area contributed by atoms with Gasteiger partial charge in [0.2, 0.25) is 0 Å². The van der Waals surface area contributed by atoms with Gasteiger partial charge < -0.3 is 0 Å². The molecule has 0 spiro atoms. The van der Waals surface area contributed by atoms with Crippen LogP contribution in [0.1, 0.15) is 372 Å². The zero-order chi connectivity index (χ0) is 75.9. The molecule has 0 amide bonds. The number of rotatable bonds is 0. The minimum Gasteiger partial charge on any atom is -0.161 e. The molecule has 15 saturated carbocycles. The Hall–Kier alpha value is 1.58. The first kappa shape index (κ1) is 85.0. The summed E-state index contributed by atoms with van der Waals surface area (Å²) in [7, 11) is 0. The molecular weight excluding hydrogens is 1490 g/mol. The molecule has 644 valence electrons. The van der Waals surface area contributed by atoms with Gasteiger partial charge in [0.25, 0.3) is 0 Å². The van der Waals surface area contributed by atoms with Gasteiger partial charge in [-0.2, -0.15) is 70.6 Å². The molecule has 68 aliphatic rings. The quantitative estimate of drug-likeness (QED) is 0.235. The van der Waals surface area contributed by atoms with Crippen LogP contribution in [0.4, 0.5) is 0 Å². The maximum Gasteiger partial charge on any atom is 0.0146 e. The Morgan fingerprint density at radius 2 is 0.307 bits per heavy atom. The van der Waals surface area contributed by atoms with Crippen molar-refractivity contribution in [1.82, 2.24) is 0 Å². The first-order valence-electron chi connectivity index (χ1n) is 53.1. The summed E-state index contributed by atoms with van der Waals surface area (Å²) in [6.45, 7) is 0. The van der Waals surface area contributed by atoms with Crippen molar-refractivity contribution in [3.8, 4) is 0 Å². The van der Waals surface area contributed by atoms with E-state index in [-0.39, 0.29) is 0 Å². The summed E-state index contributed by atoms with van der Waals surface area (Å²) >= 11 is 14.7. The highest BCUT2D eigenvalue weighted by Crippen LogP contribution is 2.59. The Bertz CT molecular complexity index is 2690. The molecular formula is C108H176S6. The summed E-state index contributed by atoms with van der Waals surface area (Å²) in [5.41, 5.74) is 3.73. The first-order chi connectivity index (χ1) is 56.3. The van der Waals surface area contributed by atoms with Gasteiger partial charge in [-0.15, -0.1) is 0 Å². The minimum atomic E-state index is 0.877. The van der Waals surface area contributed by atoms with Crippen LogP contribution in [0.25, 0.3) is 0 Å². The van der Waals surface area contributed by atoms with Gasteiger partial charge in [-0.3, -0.25) is 0 Å². The zero-order valence-electron chi connectivity index (χ0n) is 73.7. The topological polar surface area (TPSA) is 0 Å². The van der Waals surface area contributed by atoms with E-state index in [1.54, 1.807) is 365 Å². The van der Waals surface area contributed by atoms with E-state index >= 15 is 0 Å². The van der Waals surface area contributed by atoms with Crippen LogP contribution in [0.15, 0.2) is 23.3 Å². The molecule has 51 fully saturated rings. The van der Waals surface area contributed by atoms with Crippen molar-refractivity contribution < 1.29 is 0 Å². The lowest BCUT2D eigenvalue weighted by Crippen LogP contribution is -2.38. The van der Waals surface area contributed by atoms with Gasteiger partial charge in [0, 0.05) is 5.75 Å². The van der Waals surface area contributed by atoms with Crippen LogP contribution in [-0.2, 0) is 0 Å². The molecule has 36 bridgehead atoms. The minimum absolute atomic E-state index is 0.877. The predicted octanol–water partition coefficient (Wildman–Crippen LogP) is 32.1. The molecule has 0 aromatic heterocycles. The number of thioether (sulfide) groups is 6. The highest BCUT2D eigenvalue weighted by atomic mass is 32.2. The van der Waals surface area contributed by atoms with Crippen molar-refractivity contribution in [1.29, 1.82) is 0 Å². The van der Waals surface area contributed by atoms with E-state index in [1.807, 2.05) is 5.57 Å². The highest BCUT2D eigenvalue weighted by molar-refractivity contribution is 8.00. The molecule has 6 heteroatoms. The second kappa shape index (κ2) is 42.0. The van der Waals surface area contributed by atoms with E-state index < -0.39 is 0 Å². The van der Waals surface area contributed by atoms with Gasteiger partial charge in [-0.25, -0.2) is 0 Å². The average molecular weight is 1670 g/mol. The van der Waals surface area contributed by atoms with Crippen LogP contribution in [0.5, 0.6) is 0 Å². The Morgan fingerprint density at radius 3 is 0.465 bits per heavy atom. The molecule has 0 nitrogen and oxygen atoms in total. The summed E-state index contributed by atoms with van der Waals surface area (Å²) in [6.07, 6.45) is 97.5. The summed E-state index contributed by atoms with van der Waals surface area (Å²) in [5.74, 6) is 52.7. The van der Waals surface area contributed by atoms with Gasteiger partial charge in [0.05, 0.1) is 0 Å². The maximum absolute atomic E-state index is 2.80. The summed E-state index contributed by atoms with van der Waals surface area (Å²) in [6, 6.07) is 0. The van der Waals surface area contributed by atoms with E-state index in [0.717, 1.165) is 201 Å². The molecule has 0 radical (unpaired) electrons. The molecule has 52 heterocycles. The van der Waals surface area contributed by atoms with Crippen LogP contribution in [0.3, 0.4) is 0 Å². The van der Waals surface area contributed by atoms with E-state index in [4.69, 9.17) is 0 Å². The van der Waals surface area contributed by atoms with Crippen LogP contribution in [-0.4, -0.2) is 69.0 Å². The van der Waals surface area contributed by atoms with Gasteiger partial charge in [0.15, 0.2) is 0 Å². The normalized spacial score (nSPS) is 49.1. The molecule has 6 unspecified atom stereocenters. The van der Waals surface area contributed by atoms with Gasteiger partial charge >= 0.3 is 0 Å². The van der Waals surface area contributed by atoms with Crippen molar-refractivity contribution in [2.75, 3.05) is 69.0 Å². The van der Waals surface area contributed by atoms with Crippen molar-refractivity contribution in [3.05, 3.63) is 23.3 Å². The van der Waals surface area contributed by atoms with E-state index in [2.05, 4.69) is 82.7 Å². The maximum atomic E-state index is 2.80. The Labute approximate surface area is 730 Å². The second-order valence-corrected chi connectivity index (χ2v) is 54.1. The smallest absolute Gasteiger partial charge is 0.0146 e. The molecule has 114 heavy (non-hydrogen) atoms. The lowest BCUT2D eigenvalue weighted by atomic mass is 9.58. The molecule has 52 aliphatic heterocycles. The van der Waals surface area contributed by atoms with Crippen LogP contribution < -0.4 is 0 Å². The largest absolute Gasteiger partial charge is 0.161 e. The van der Waals surface area contributed by atoms with Crippen molar-refractivity contribution in [2.45, 2.75) is 372 Å². The standard InChI is InChI=1S/C108H176S6/c1-25-85-26-2-73(1)61-109-62-74-3-27-88(28-4-74)100-52-101-54-102(53-100)90-35-11-80(12-36-90)68-113-70-82-19-43-94(44-20-82)106-56-104-58-108(60-106)96-47-23-84(24-48-96)72-114-71-83-21-45-95(46-22-83)107-57-103(55-105(59-107)93-41-17-81(18-42-93)69-112-67-79-9-33-89(101)34-10-79)91-37-13-77(14-38-91)65-110-63-75-5-29-86(30-6-75)98-49-97(85)50-99(51-98)87-31-7-76(8-32-87)64-111-66-78-15-39-92(104)40-16-78/h1,25,74-84,86-108H,2-24,26-72H2/t74-,75-,76?,77-,78?,79-,80-,81-,82-,83-,84-,86+,87?,88+,89+,90+,91+,92?,93+,94+,95+,96+,97-,98+,99?,100-,101?,102?,103+,104?,105?,106-,107?,108+/m1/s1. The fourth-order valence-corrected chi connectivity index (χ4v) is 42.6. The van der Waals surface area contributed by atoms with Crippen molar-refractivity contribution >= 4 is 70.6 Å². The predicted molar refractivity (Wildman–Crippen MR) is 507 cm³/mol. The first-order valence-corrected chi connectivity index (χ1v) is 60.1. The van der Waals surface area contributed by atoms with E-state index in [0.29, 0.717) is 0 Å². The number of hydrogen-bond acceptors (Lipinski definition) is 6. The third kappa shape index (κ3) is 22.4. The lowest BCUT2D eigenvalue weighted by molar-refractivity contribution is 0.0347. The Balaban J connectivity index is 0.584. The number of allylic oxidation sites excluding steroid dienone is 3. The number of hydrogen-bond donors (Lipinski definition) is 0. The second-order valence-electron chi connectivity index (χ2n) is 47.7. The molecule has 16 aliphatic carbocycles. The monoisotopic (exact) mass is 1670 g/mol. The fourth-order valence-electron chi connectivity index (χ4n) is 33.9. The summed E-state index contributed by atoms with van der Waals surface area (Å²) < 4.78 is 0. The molecule has 0 aromatic rings. The van der Waals surface area contributed by atoms with Gasteiger partial charge in [-0.1, -0.05) is 23.3 Å². The zero-order valence-corrected chi connectivity index (χ0v) is 78.6. The lowest BCUT2D eigenvalue weighted by Gasteiger charge is -2.48. The van der Waals surface area contributed by atoms with Crippen molar-refractivity contribution in [3.63, 3.8) is 0 Å². The molecule has 36 saturated heterocycles. The highest BCUT2D eigenvalue weighted by Gasteiger charge is 2.48. The van der Waals surface area contributed by atoms with Gasteiger partial charge in [-0.05, 0) is 637 Å². The van der Waals surface area contributed by atoms with Crippen LogP contribution in [0.2, 0.25) is 0 Å². The summed E-state index contributed by atoms with van der Waals surface area (Å²) in [5, 5.41) is 0. The SMILES string of the molecule is C1=C2CCC(=C1)[C@H]1CC3C[C@H](C1)[C@H]1CC[C@H](CC1)CSC[C@@H]1CC[C@@H](CC1)[C@H]1CC4CC(C1)[C@H]1CC[C@H](CC1)CSC[C@@H]1CC[C@@H](CC1)[C@H]1CC(C[C@H](C1)[C@H]1CC[C@H](CC1)CSC[C@@H]1CC[C@@H](CC1)C1CC(C[C@H](C1)[C@H]1CC[C@H](CC1)CSC2)[C@H]1CC[C@H](CC1)CSC[C@@H]1CC[C@H]4CC1)C1CCC(CC1)CSCC1CCC3CC1. The van der Waals surface area contributed by atoms with Crippen LogP contribution in [0, 0.1) is 201 Å². The van der Waals surface area contributed by atoms with Crippen molar-refractivity contribution in [2.24, 2.45) is 201 Å².